The fourth-order valence-electron chi connectivity index (χ4n) is 14.1. The average Bonchev–Trinajstić information content (AvgIpc) is 1.64. The lowest BCUT2D eigenvalue weighted by molar-refractivity contribution is -0.116. The second-order valence-electron chi connectivity index (χ2n) is 28.6. The van der Waals surface area contributed by atoms with E-state index in [2.05, 4.69) is 118 Å². The van der Waals surface area contributed by atoms with Crippen LogP contribution in [0.3, 0.4) is 0 Å². The van der Waals surface area contributed by atoms with Crippen LogP contribution in [0.2, 0.25) is 0 Å². The summed E-state index contributed by atoms with van der Waals surface area (Å²) in [5.41, 5.74) is 13.4. The molecule has 600 valence electrons. The molecule has 0 spiro atoms. The zero-order valence-electron chi connectivity index (χ0n) is 63.9. The van der Waals surface area contributed by atoms with Gasteiger partial charge in [-0.25, -0.2) is 48.1 Å². The average molecular weight is 1690 g/mol. The summed E-state index contributed by atoms with van der Waals surface area (Å²) in [7, 11) is 0. The molecular weight excluding hydrogens is 1610 g/mol. The highest BCUT2D eigenvalue weighted by molar-refractivity contribution is 7.12. The second-order valence-corrected chi connectivity index (χ2v) is 33.8. The topological polar surface area (TPSA) is 314 Å². The first kappa shape index (κ1) is 79.5. The SMILES string of the molecule is Cc1cn2c(-c3csc(C(=O)NCc4ccncc4F)c3)cnc2c(Nc2cc(CN3CCCCC3)ns2)n1.Cc1cn2c(-c3csc(CC(=O)Nc4ccncc4F)c3)cnc2c(Nc2cc(CN3CCCCC3)ns2)n1.Cc1cn2c(-c3csc(CC(=O)Nc4ccncc4F)n3)cnc2c(Nc2cc(CN3CCCCC3)ns2)n1. The lowest BCUT2D eigenvalue weighted by Gasteiger charge is -2.25. The molecule has 3 aliphatic rings. The summed E-state index contributed by atoms with van der Waals surface area (Å²) >= 11 is 8.45. The van der Waals surface area contributed by atoms with Gasteiger partial charge in [0.25, 0.3) is 5.91 Å². The summed E-state index contributed by atoms with van der Waals surface area (Å²) in [4.78, 5) is 90.2. The van der Waals surface area contributed by atoms with Crippen LogP contribution < -0.4 is 31.9 Å². The summed E-state index contributed by atoms with van der Waals surface area (Å²) in [6.07, 6.45) is 30.4. The van der Waals surface area contributed by atoms with Crippen LogP contribution in [0.25, 0.3) is 50.8 Å². The minimum atomic E-state index is -0.582. The molecule has 0 unspecified atom stereocenters. The molecule has 0 bridgehead atoms. The smallest absolute Gasteiger partial charge is 0.261 e. The van der Waals surface area contributed by atoms with Gasteiger partial charge in [-0.3, -0.25) is 57.2 Å². The van der Waals surface area contributed by atoms with Crippen LogP contribution in [-0.4, -0.2) is 148 Å². The number of thiophene rings is 2. The first-order valence-corrected chi connectivity index (χ1v) is 43.2. The van der Waals surface area contributed by atoms with E-state index in [0.29, 0.717) is 55.5 Å². The van der Waals surface area contributed by atoms with Crippen molar-refractivity contribution in [3.8, 4) is 33.9 Å². The number of piperidine rings is 3. The number of rotatable bonds is 24. The third-order valence-electron chi connectivity index (χ3n) is 19.7. The van der Waals surface area contributed by atoms with E-state index in [9.17, 15) is 27.6 Å². The summed E-state index contributed by atoms with van der Waals surface area (Å²) in [5, 5.41) is 27.4. The third kappa shape index (κ3) is 19.9. The predicted octanol–water partition coefficient (Wildman–Crippen LogP) is 16.1. The van der Waals surface area contributed by atoms with Gasteiger partial charge in [0.2, 0.25) is 11.8 Å². The van der Waals surface area contributed by atoms with Crippen LogP contribution in [0.1, 0.15) is 117 Å². The van der Waals surface area contributed by atoms with Gasteiger partial charge in [-0.15, -0.1) is 34.0 Å². The number of pyridine rings is 3. The lowest BCUT2D eigenvalue weighted by atomic mass is 10.1. The fourth-order valence-corrected chi connectivity index (χ4v) is 18.5. The van der Waals surface area contributed by atoms with Crippen LogP contribution in [0.4, 0.5) is 57.0 Å². The molecule has 3 aliphatic heterocycles. The summed E-state index contributed by atoms with van der Waals surface area (Å²) in [6.45, 7) is 15.3. The number of imidazole rings is 3. The standard InChI is InChI=1S/2C27H27FN8OS2.C26H26FN9OS2/c1-17-14-36-23(18-9-20(38-16-18)11-24(37)32-22-5-6-29-12-21(22)28)13-30-27(36)26(31-17)33-25-10-19(34-39-25)15-35-7-3-2-4-8-35;1-17-14-36-22(19-9-23(38-16-19)27(37)31-11-18-5-6-29-12-21(18)28)13-30-26(36)25(32-17)33-24-10-20(34-39-24)15-35-7-3-2-4-8-35;1-16-13-36-21(20-15-38-23(32-20)10-22(37)31-19-5-6-28-11-18(19)27)12-29-26(36)25(30-16)33-24-9-17(34-39-24)14-35-7-3-2-4-8-35/h5-6,9-10,12-14,16H,2-4,7-8,11,15H2,1H3,(H,31,33)(H,29,32,37);5-6,9-10,12-14,16H,2-4,7-8,11,15H2,1H3,(H,31,37)(H,32,33);5-6,9,11-13,15H,2-4,7-8,10,14H2,1H3,(H,30,33)(H,28,31,37). The Hall–Kier alpha value is -11.3. The number of likely N-dealkylation sites (tertiary alicyclic amines) is 3. The van der Waals surface area contributed by atoms with Crippen molar-refractivity contribution in [2.24, 2.45) is 0 Å². The van der Waals surface area contributed by atoms with Gasteiger partial charge in [0.15, 0.2) is 46.0 Å². The molecular formula is C80H80F3N25O3S6. The zero-order chi connectivity index (χ0) is 80.3. The van der Waals surface area contributed by atoms with E-state index < -0.39 is 17.5 Å². The number of aromatic nitrogens is 16. The number of carbonyl (C=O) groups is 3. The Kier molecular flexibility index (Phi) is 25.1. The highest BCUT2D eigenvalue weighted by Crippen LogP contribution is 2.36. The van der Waals surface area contributed by atoms with Gasteiger partial charge in [-0.2, -0.15) is 13.1 Å². The van der Waals surface area contributed by atoms with E-state index in [1.54, 1.807) is 18.5 Å². The van der Waals surface area contributed by atoms with Crippen molar-refractivity contribution < 1.29 is 27.6 Å². The number of thiazole rings is 1. The van der Waals surface area contributed by atoms with Gasteiger partial charge in [0.05, 0.1) is 123 Å². The van der Waals surface area contributed by atoms with Crippen molar-refractivity contribution in [2.75, 3.05) is 65.9 Å². The minimum absolute atomic E-state index is 0.0295. The van der Waals surface area contributed by atoms with Crippen LogP contribution >= 0.6 is 68.6 Å². The van der Waals surface area contributed by atoms with Crippen LogP contribution in [0, 0.1) is 38.2 Å². The third-order valence-corrected chi connectivity index (χ3v) is 24.6. The molecule has 0 aromatic carbocycles. The van der Waals surface area contributed by atoms with Crippen molar-refractivity contribution in [1.82, 2.24) is 96.2 Å². The van der Waals surface area contributed by atoms with Crippen molar-refractivity contribution in [2.45, 2.75) is 118 Å². The molecule has 0 atom stereocenters. The summed E-state index contributed by atoms with van der Waals surface area (Å²) in [5.74, 6) is -0.524. The number of hydrogen-bond donors (Lipinski definition) is 6. The molecule has 37 heteroatoms. The monoisotopic (exact) mass is 1690 g/mol. The van der Waals surface area contributed by atoms with Gasteiger partial charge in [0.1, 0.15) is 25.8 Å². The lowest BCUT2D eigenvalue weighted by Crippen LogP contribution is -2.29. The quantitative estimate of drug-likeness (QED) is 0.0327. The van der Waals surface area contributed by atoms with E-state index in [4.69, 9.17) is 9.97 Å². The summed E-state index contributed by atoms with van der Waals surface area (Å²) in [6, 6.07) is 14.5. The maximum absolute atomic E-state index is 13.8. The molecule has 3 amide bonds. The number of amides is 3. The van der Waals surface area contributed by atoms with Crippen molar-refractivity contribution in [3.05, 3.63) is 211 Å². The number of nitrogens with one attached hydrogen (secondary N) is 6. The zero-order valence-corrected chi connectivity index (χ0v) is 68.8. The molecule has 3 saturated heterocycles. The van der Waals surface area contributed by atoms with Gasteiger partial charge in [-0.05, 0) is 182 Å². The van der Waals surface area contributed by atoms with Crippen LogP contribution in [-0.2, 0) is 48.6 Å². The van der Waals surface area contributed by atoms with E-state index in [-0.39, 0.29) is 48.5 Å². The van der Waals surface area contributed by atoms with E-state index >= 15 is 0 Å². The molecule has 28 nitrogen and oxygen atoms in total. The Morgan fingerprint density at radius 3 is 1.35 bits per heavy atom. The molecule has 0 aliphatic carbocycles. The van der Waals surface area contributed by atoms with Gasteiger partial charge >= 0.3 is 0 Å². The second kappa shape index (κ2) is 36.9. The number of aryl methyl sites for hydroxylation is 3. The summed E-state index contributed by atoms with van der Waals surface area (Å²) < 4.78 is 61.4. The van der Waals surface area contributed by atoms with E-state index in [1.165, 1.54) is 157 Å². The number of fused-ring (bicyclic) bond motifs is 3. The van der Waals surface area contributed by atoms with Crippen molar-refractivity contribution >= 4 is 147 Å². The minimum Gasteiger partial charge on any atom is -0.347 e. The molecule has 0 saturated carbocycles. The van der Waals surface area contributed by atoms with E-state index in [0.717, 1.165) is 160 Å². The van der Waals surface area contributed by atoms with E-state index in [1.807, 2.05) is 87.0 Å². The first-order valence-electron chi connectivity index (χ1n) is 38.2. The van der Waals surface area contributed by atoms with Gasteiger partial charge in [0, 0.05) is 101 Å². The fraction of sp³-hybridized carbons (Fsp3) is 0.300. The maximum Gasteiger partial charge on any atom is 0.261 e. The maximum atomic E-state index is 13.8. The molecule has 6 N–H and O–H groups in total. The van der Waals surface area contributed by atoms with Crippen molar-refractivity contribution in [1.29, 1.82) is 0 Å². The van der Waals surface area contributed by atoms with Crippen LogP contribution in [0.5, 0.6) is 0 Å². The Labute approximate surface area is 694 Å². The highest BCUT2D eigenvalue weighted by atomic mass is 32.1. The number of halogens is 3. The molecule has 117 heavy (non-hydrogen) atoms. The Morgan fingerprint density at radius 1 is 0.453 bits per heavy atom. The van der Waals surface area contributed by atoms with Gasteiger partial charge in [-0.1, -0.05) is 19.3 Å². The molecule has 15 aromatic rings. The predicted molar refractivity (Wildman–Crippen MR) is 453 cm³/mol. The number of carbonyl (C=O) groups excluding carboxylic acids is 3. The van der Waals surface area contributed by atoms with Gasteiger partial charge < -0.3 is 31.9 Å². The Bertz CT molecular complexity index is 5770. The number of nitrogens with zero attached hydrogens (tertiary/aromatic N) is 19. The number of hydrogen-bond acceptors (Lipinski definition) is 28. The molecule has 18 rings (SSSR count). The Morgan fingerprint density at radius 2 is 0.880 bits per heavy atom. The molecule has 0 radical (unpaired) electrons. The van der Waals surface area contributed by atoms with Crippen molar-refractivity contribution in [3.63, 3.8) is 0 Å². The largest absolute Gasteiger partial charge is 0.347 e. The molecule has 18 heterocycles. The van der Waals surface area contributed by atoms with Crippen LogP contribution in [0.15, 0.2) is 139 Å². The molecule has 15 aromatic heterocycles. The normalized spacial score (nSPS) is 14.1. The first-order chi connectivity index (χ1) is 57.1. The molecule has 3 fully saturated rings. The highest BCUT2D eigenvalue weighted by Gasteiger charge is 2.24. The number of anilines is 8. The Balaban J connectivity index is 0.000000131.